The van der Waals surface area contributed by atoms with Gasteiger partial charge in [-0.25, -0.2) is 8.42 Å². The number of ether oxygens (including phenoxy) is 1. The summed E-state index contributed by atoms with van der Waals surface area (Å²) in [4.78, 5) is 9.58. The highest BCUT2D eigenvalue weighted by atomic mass is 35.7. The maximum absolute atomic E-state index is 11.3. The zero-order chi connectivity index (χ0) is 12.5. The van der Waals surface area contributed by atoms with E-state index >= 15 is 0 Å². The van der Waals surface area contributed by atoms with Crippen LogP contribution in [0.4, 0.5) is 5.69 Å². The molecule has 0 spiro atoms. The predicted octanol–water partition coefficient (Wildman–Crippen LogP) is 1.84. The van der Waals surface area contributed by atoms with Crippen molar-refractivity contribution in [1.82, 2.24) is 0 Å². The second-order valence-electron chi connectivity index (χ2n) is 2.94. The van der Waals surface area contributed by atoms with Gasteiger partial charge in [0.25, 0.3) is 14.7 Å². The lowest BCUT2D eigenvalue weighted by molar-refractivity contribution is -0.385. The van der Waals surface area contributed by atoms with E-state index in [1.54, 1.807) is 0 Å². The minimum absolute atomic E-state index is 0.0156. The zero-order valence-electron chi connectivity index (χ0n) is 8.43. The standard InChI is InChI=1S/C8H8ClNO5S/c1-5-6(10(11)12)3-4-7(15-2)8(5)16(9,13)14/h3-4H,1-2H3. The molecule has 0 saturated carbocycles. The van der Waals surface area contributed by atoms with Gasteiger partial charge in [0.05, 0.1) is 17.6 Å². The smallest absolute Gasteiger partial charge is 0.273 e. The number of nitro groups is 1. The molecule has 0 heterocycles. The van der Waals surface area contributed by atoms with Gasteiger partial charge in [-0.15, -0.1) is 0 Å². The summed E-state index contributed by atoms with van der Waals surface area (Å²) in [6.45, 7) is 1.30. The summed E-state index contributed by atoms with van der Waals surface area (Å²) in [6.07, 6.45) is 0. The number of halogens is 1. The van der Waals surface area contributed by atoms with Crippen LogP contribution in [0.5, 0.6) is 5.75 Å². The summed E-state index contributed by atoms with van der Waals surface area (Å²) in [7, 11) is 2.36. The van der Waals surface area contributed by atoms with E-state index in [1.807, 2.05) is 0 Å². The minimum atomic E-state index is -4.09. The lowest BCUT2D eigenvalue weighted by Gasteiger charge is -2.08. The number of nitrogens with zero attached hydrogens (tertiary/aromatic N) is 1. The van der Waals surface area contributed by atoms with Gasteiger partial charge in [-0.1, -0.05) is 0 Å². The van der Waals surface area contributed by atoms with Crippen LogP contribution in [0.1, 0.15) is 5.56 Å². The molecule has 1 aromatic rings. The van der Waals surface area contributed by atoms with Gasteiger partial charge in [0.2, 0.25) is 0 Å². The minimum Gasteiger partial charge on any atom is -0.495 e. The van der Waals surface area contributed by atoms with Crippen molar-refractivity contribution in [3.8, 4) is 5.75 Å². The van der Waals surface area contributed by atoms with Crippen molar-refractivity contribution < 1.29 is 18.1 Å². The molecule has 0 unspecified atom stereocenters. The first-order valence-corrected chi connectivity index (χ1v) is 6.36. The molecule has 1 rings (SSSR count). The summed E-state index contributed by atoms with van der Waals surface area (Å²) in [5.74, 6) is -0.0156. The highest BCUT2D eigenvalue weighted by Gasteiger charge is 2.26. The molecule has 88 valence electrons. The number of hydrogen-bond acceptors (Lipinski definition) is 5. The molecule has 16 heavy (non-hydrogen) atoms. The number of methoxy groups -OCH3 is 1. The second kappa shape index (κ2) is 4.26. The molecule has 0 radical (unpaired) electrons. The van der Waals surface area contributed by atoms with Gasteiger partial charge in [0.1, 0.15) is 10.6 Å². The lowest BCUT2D eigenvalue weighted by atomic mass is 10.2. The molecule has 0 fully saturated rings. The molecule has 0 saturated heterocycles. The van der Waals surface area contributed by atoms with Crippen LogP contribution >= 0.6 is 10.7 Å². The van der Waals surface area contributed by atoms with E-state index in [0.717, 1.165) is 0 Å². The highest BCUT2D eigenvalue weighted by molar-refractivity contribution is 8.13. The Morgan fingerprint density at radius 1 is 1.44 bits per heavy atom. The SMILES string of the molecule is COc1ccc([N+](=O)[O-])c(C)c1S(=O)(=O)Cl. The lowest BCUT2D eigenvalue weighted by Crippen LogP contribution is -2.02. The summed E-state index contributed by atoms with van der Waals surface area (Å²) < 4.78 is 27.3. The highest BCUT2D eigenvalue weighted by Crippen LogP contribution is 2.35. The van der Waals surface area contributed by atoms with Gasteiger partial charge in [-0.3, -0.25) is 10.1 Å². The van der Waals surface area contributed by atoms with Crippen LogP contribution in [-0.2, 0) is 9.05 Å². The van der Waals surface area contributed by atoms with Crippen LogP contribution in [0.25, 0.3) is 0 Å². The molecular formula is C8H8ClNO5S. The number of hydrogen-bond donors (Lipinski definition) is 0. The van der Waals surface area contributed by atoms with E-state index in [2.05, 4.69) is 0 Å². The second-order valence-corrected chi connectivity index (χ2v) is 5.44. The molecule has 0 amide bonds. The van der Waals surface area contributed by atoms with E-state index < -0.39 is 14.0 Å². The van der Waals surface area contributed by atoms with E-state index in [9.17, 15) is 18.5 Å². The number of benzene rings is 1. The molecule has 0 aliphatic heterocycles. The van der Waals surface area contributed by atoms with E-state index in [-0.39, 0.29) is 21.9 Å². The van der Waals surface area contributed by atoms with Crippen molar-refractivity contribution in [2.24, 2.45) is 0 Å². The summed E-state index contributed by atoms with van der Waals surface area (Å²) in [6, 6.07) is 2.36. The van der Waals surface area contributed by atoms with Crippen LogP contribution in [-0.4, -0.2) is 20.5 Å². The summed E-state index contributed by atoms with van der Waals surface area (Å²) in [5.41, 5.74) is -0.362. The van der Waals surface area contributed by atoms with E-state index in [4.69, 9.17) is 15.4 Å². The fraction of sp³-hybridized carbons (Fsp3) is 0.250. The van der Waals surface area contributed by atoms with Crippen LogP contribution in [0.15, 0.2) is 17.0 Å². The van der Waals surface area contributed by atoms with Crippen molar-refractivity contribution in [2.75, 3.05) is 7.11 Å². The first-order chi connectivity index (χ1) is 7.29. The molecular weight excluding hydrogens is 258 g/mol. The predicted molar refractivity (Wildman–Crippen MR) is 57.4 cm³/mol. The van der Waals surface area contributed by atoms with Gasteiger partial charge in [-0.05, 0) is 13.0 Å². The fourth-order valence-electron chi connectivity index (χ4n) is 1.32. The van der Waals surface area contributed by atoms with Gasteiger partial charge < -0.3 is 4.74 Å². The van der Waals surface area contributed by atoms with Crippen molar-refractivity contribution >= 4 is 25.4 Å². The topological polar surface area (TPSA) is 86.5 Å². The Kier molecular flexibility index (Phi) is 3.39. The Balaban J connectivity index is 3.67. The molecule has 0 aliphatic carbocycles. The van der Waals surface area contributed by atoms with Crippen LogP contribution < -0.4 is 4.74 Å². The average Bonchev–Trinajstić information content (AvgIpc) is 2.14. The summed E-state index contributed by atoms with van der Waals surface area (Å²) in [5, 5.41) is 10.6. The third-order valence-electron chi connectivity index (χ3n) is 2.00. The average molecular weight is 266 g/mol. The zero-order valence-corrected chi connectivity index (χ0v) is 10.0. The third kappa shape index (κ3) is 2.25. The third-order valence-corrected chi connectivity index (χ3v) is 3.46. The van der Waals surface area contributed by atoms with Gasteiger partial charge in [0, 0.05) is 16.7 Å². The molecule has 0 N–H and O–H groups in total. The fourth-order valence-corrected chi connectivity index (χ4v) is 2.76. The molecule has 1 aromatic carbocycles. The number of nitro benzene ring substituents is 1. The molecule has 0 bridgehead atoms. The van der Waals surface area contributed by atoms with Crippen LogP contribution in [0.3, 0.4) is 0 Å². The van der Waals surface area contributed by atoms with Crippen molar-refractivity contribution in [1.29, 1.82) is 0 Å². The molecule has 0 atom stereocenters. The first kappa shape index (κ1) is 12.7. The molecule has 0 aliphatic rings. The molecule has 6 nitrogen and oxygen atoms in total. The molecule has 8 heteroatoms. The maximum Gasteiger partial charge on any atom is 0.273 e. The van der Waals surface area contributed by atoms with Gasteiger partial charge >= 0.3 is 0 Å². The van der Waals surface area contributed by atoms with Gasteiger partial charge in [-0.2, -0.15) is 0 Å². The monoisotopic (exact) mass is 265 g/mol. The van der Waals surface area contributed by atoms with Crippen LogP contribution in [0, 0.1) is 17.0 Å². The van der Waals surface area contributed by atoms with Crippen molar-refractivity contribution in [2.45, 2.75) is 11.8 Å². The first-order valence-electron chi connectivity index (χ1n) is 4.05. The van der Waals surface area contributed by atoms with Gasteiger partial charge in [0.15, 0.2) is 0 Å². The number of rotatable bonds is 3. The Morgan fingerprint density at radius 2 is 2.00 bits per heavy atom. The largest absolute Gasteiger partial charge is 0.495 e. The van der Waals surface area contributed by atoms with Crippen molar-refractivity contribution in [3.63, 3.8) is 0 Å². The molecule has 0 aromatic heterocycles. The summed E-state index contributed by atoms with van der Waals surface area (Å²) >= 11 is 0. The van der Waals surface area contributed by atoms with Crippen LogP contribution in [0.2, 0.25) is 0 Å². The van der Waals surface area contributed by atoms with Crippen molar-refractivity contribution in [3.05, 3.63) is 27.8 Å². The Bertz CT molecular complexity index is 540. The van der Waals surface area contributed by atoms with E-state index in [1.165, 1.54) is 26.2 Å². The Hall–Kier alpha value is -1.34. The van der Waals surface area contributed by atoms with E-state index in [0.29, 0.717) is 0 Å². The Morgan fingerprint density at radius 3 is 2.38 bits per heavy atom. The Labute approximate surface area is 96.4 Å². The normalized spacial score (nSPS) is 11.2. The quantitative estimate of drug-likeness (QED) is 0.473. The maximum atomic E-state index is 11.3.